The van der Waals surface area contributed by atoms with Crippen LogP contribution >= 0.6 is 0 Å². The molecule has 2 N–H and O–H groups in total. The van der Waals surface area contributed by atoms with E-state index in [1.807, 2.05) is 13.8 Å². The summed E-state index contributed by atoms with van der Waals surface area (Å²) in [7, 11) is 0. The molecule has 40 heavy (non-hydrogen) atoms. The van der Waals surface area contributed by atoms with Crippen molar-refractivity contribution in [3.63, 3.8) is 0 Å². The molecule has 5 aliphatic rings. The first-order valence-electron chi connectivity index (χ1n) is 15.7. The third kappa shape index (κ3) is 4.65. The zero-order chi connectivity index (χ0) is 27.4. The first-order valence-corrected chi connectivity index (χ1v) is 15.7. The van der Waals surface area contributed by atoms with Gasteiger partial charge in [0, 0.05) is 42.7 Å². The van der Waals surface area contributed by atoms with E-state index in [4.69, 9.17) is 9.47 Å². The maximum Gasteiger partial charge on any atom is 0.142 e. The Kier molecular flexibility index (Phi) is 7.10. The van der Waals surface area contributed by atoms with E-state index in [1.165, 1.54) is 54.4 Å². The fourth-order valence-electron chi connectivity index (χ4n) is 9.14. The van der Waals surface area contributed by atoms with Crippen LogP contribution in [0.3, 0.4) is 0 Å². The number of benzene rings is 2. The van der Waals surface area contributed by atoms with Crippen LogP contribution in [0.15, 0.2) is 36.4 Å². The number of hydrogen-bond donors (Lipinski definition) is 2. The lowest BCUT2D eigenvalue weighted by atomic mass is 9.59. The quantitative estimate of drug-likeness (QED) is 0.470. The lowest BCUT2D eigenvalue weighted by Gasteiger charge is -2.45. The summed E-state index contributed by atoms with van der Waals surface area (Å²) in [5, 5.41) is 19.7. The minimum atomic E-state index is -0.291. The molecule has 6 atom stereocenters. The third-order valence-electron chi connectivity index (χ3n) is 11.0. The van der Waals surface area contributed by atoms with Crippen molar-refractivity contribution in [2.45, 2.75) is 89.5 Å². The molecule has 2 bridgehead atoms. The molecule has 2 heterocycles. The molecule has 3 saturated carbocycles. The summed E-state index contributed by atoms with van der Waals surface area (Å²) >= 11 is 0. The fraction of sp³-hybridized carbons (Fsp3) is 0.647. The van der Waals surface area contributed by atoms with Crippen LogP contribution in [0.25, 0.3) is 0 Å². The molecule has 3 fully saturated rings. The van der Waals surface area contributed by atoms with Gasteiger partial charge in [-0.25, -0.2) is 0 Å². The molecule has 0 aromatic heterocycles. The van der Waals surface area contributed by atoms with Gasteiger partial charge in [-0.1, -0.05) is 18.6 Å². The second kappa shape index (κ2) is 10.6. The highest BCUT2D eigenvalue weighted by atomic mass is 16.5. The fourth-order valence-corrected chi connectivity index (χ4v) is 9.14. The highest BCUT2D eigenvalue weighted by Crippen LogP contribution is 2.68. The molecule has 2 aliphatic heterocycles. The van der Waals surface area contributed by atoms with Crippen LogP contribution < -0.4 is 9.47 Å². The van der Waals surface area contributed by atoms with Crippen LogP contribution in [0.2, 0.25) is 0 Å². The van der Waals surface area contributed by atoms with Crippen LogP contribution in [0.5, 0.6) is 11.5 Å². The van der Waals surface area contributed by atoms with E-state index in [0.29, 0.717) is 19.4 Å². The van der Waals surface area contributed by atoms with Gasteiger partial charge in [0.1, 0.15) is 25.0 Å². The van der Waals surface area contributed by atoms with Crippen LogP contribution in [0.1, 0.15) is 81.0 Å². The van der Waals surface area contributed by atoms with E-state index in [1.54, 1.807) is 0 Å². The number of ether oxygens (including phenoxy) is 2. The van der Waals surface area contributed by atoms with Crippen molar-refractivity contribution in [2.75, 3.05) is 26.6 Å². The predicted octanol–water partition coefficient (Wildman–Crippen LogP) is 5.27. The van der Waals surface area contributed by atoms with Gasteiger partial charge in [-0.05, 0) is 111 Å². The van der Waals surface area contributed by atoms with Gasteiger partial charge in [0.25, 0.3) is 0 Å². The van der Waals surface area contributed by atoms with Crippen LogP contribution in [0.4, 0.5) is 0 Å². The molecule has 3 aliphatic carbocycles. The normalized spacial score (nSPS) is 32.6. The average Bonchev–Trinajstić information content (AvgIpc) is 3.68. The zero-order valence-electron chi connectivity index (χ0n) is 24.2. The molecule has 0 spiro atoms. The Morgan fingerprint density at radius 1 is 0.825 bits per heavy atom. The second-order valence-corrected chi connectivity index (χ2v) is 13.6. The van der Waals surface area contributed by atoms with E-state index in [0.717, 1.165) is 68.3 Å². The Hall–Kier alpha value is -2.12. The monoisotopic (exact) mass is 546 g/mol. The van der Waals surface area contributed by atoms with E-state index in [9.17, 15) is 10.2 Å². The maximum absolute atomic E-state index is 9.83. The van der Waals surface area contributed by atoms with E-state index >= 15 is 0 Å². The Labute approximate surface area is 239 Å². The largest absolute Gasteiger partial charge is 0.478 e. The topological polar surface area (TPSA) is 65.4 Å². The van der Waals surface area contributed by atoms with Gasteiger partial charge in [-0.2, -0.15) is 0 Å². The smallest absolute Gasteiger partial charge is 0.142 e. The SMILES string of the molecule is CC(O)CCN1COc2ccc(C3(c4ccc5c(c4)CN(CCC(C)O)CO5)CC4CC3C3CCCC43)cc2C1. The van der Waals surface area contributed by atoms with Crippen LogP contribution in [-0.2, 0) is 18.5 Å². The second-order valence-electron chi connectivity index (χ2n) is 13.6. The molecule has 2 aromatic carbocycles. The molecular weight excluding hydrogens is 500 g/mol. The first kappa shape index (κ1) is 26.8. The van der Waals surface area contributed by atoms with Crippen molar-refractivity contribution in [1.82, 2.24) is 9.80 Å². The van der Waals surface area contributed by atoms with Crippen molar-refractivity contribution < 1.29 is 19.7 Å². The summed E-state index contributed by atoms with van der Waals surface area (Å²) in [6.45, 7) is 8.35. The van der Waals surface area contributed by atoms with E-state index < -0.39 is 0 Å². The van der Waals surface area contributed by atoms with Crippen molar-refractivity contribution >= 4 is 0 Å². The van der Waals surface area contributed by atoms with Gasteiger partial charge in [-0.15, -0.1) is 0 Å². The Bertz CT molecular complexity index is 1150. The molecule has 0 amide bonds. The number of fused-ring (bicyclic) bond motifs is 7. The molecule has 216 valence electrons. The number of rotatable bonds is 8. The number of nitrogens with zero attached hydrogens (tertiary/aromatic N) is 2. The molecule has 6 nitrogen and oxygen atoms in total. The van der Waals surface area contributed by atoms with Gasteiger partial charge >= 0.3 is 0 Å². The molecule has 0 saturated heterocycles. The Balaban J connectivity index is 1.24. The van der Waals surface area contributed by atoms with Gasteiger partial charge in [0.15, 0.2) is 0 Å². The van der Waals surface area contributed by atoms with Crippen LogP contribution in [-0.4, -0.2) is 58.8 Å². The molecule has 2 aromatic rings. The summed E-state index contributed by atoms with van der Waals surface area (Å²) < 4.78 is 12.4. The maximum atomic E-state index is 9.83. The summed E-state index contributed by atoms with van der Waals surface area (Å²) in [4.78, 5) is 4.63. The van der Waals surface area contributed by atoms with Gasteiger partial charge in [0.2, 0.25) is 0 Å². The van der Waals surface area contributed by atoms with Crippen molar-refractivity contribution in [3.8, 4) is 11.5 Å². The van der Waals surface area contributed by atoms with Crippen molar-refractivity contribution in [2.24, 2.45) is 23.7 Å². The number of hydrogen-bond acceptors (Lipinski definition) is 6. The standard InChI is InChI=1S/C34H46N2O4/c1-22(37)10-12-35-18-25-14-27(6-8-32(25)39-20-35)34(17-24-16-31(34)30-5-3-4-29(24)30)28-7-9-33-26(15-28)19-36(21-40-33)13-11-23(2)38/h6-9,14-15,22-24,29-31,37-38H,3-5,10-13,16-21H2,1-2H3. The van der Waals surface area contributed by atoms with E-state index in [2.05, 4.69) is 46.2 Å². The summed E-state index contributed by atoms with van der Waals surface area (Å²) in [6.07, 6.45) is 7.75. The number of aliphatic hydroxyl groups excluding tert-OH is 2. The van der Waals surface area contributed by atoms with Gasteiger partial charge in [0.05, 0.1) is 12.2 Å². The van der Waals surface area contributed by atoms with Gasteiger partial charge in [-0.3, -0.25) is 9.80 Å². The minimum Gasteiger partial charge on any atom is -0.478 e. The minimum absolute atomic E-state index is 0.0318. The van der Waals surface area contributed by atoms with Crippen molar-refractivity contribution in [3.05, 3.63) is 58.7 Å². The van der Waals surface area contributed by atoms with Crippen molar-refractivity contribution in [1.29, 1.82) is 0 Å². The Morgan fingerprint density at radius 2 is 1.38 bits per heavy atom. The lowest BCUT2D eigenvalue weighted by Crippen LogP contribution is -2.41. The molecular formula is C34H46N2O4. The highest BCUT2D eigenvalue weighted by molar-refractivity contribution is 5.51. The van der Waals surface area contributed by atoms with Gasteiger partial charge < -0.3 is 19.7 Å². The molecule has 0 radical (unpaired) electrons. The summed E-state index contributed by atoms with van der Waals surface area (Å²) in [5.41, 5.74) is 5.53. The number of aliphatic hydroxyl groups is 2. The summed E-state index contributed by atoms with van der Waals surface area (Å²) in [5.74, 6) is 5.30. The third-order valence-corrected chi connectivity index (χ3v) is 11.0. The summed E-state index contributed by atoms with van der Waals surface area (Å²) in [6, 6.07) is 14.2. The van der Waals surface area contributed by atoms with E-state index in [-0.39, 0.29) is 17.6 Å². The molecule has 6 unspecified atom stereocenters. The molecule has 7 rings (SSSR count). The average molecular weight is 547 g/mol. The molecule has 6 heteroatoms. The zero-order valence-corrected chi connectivity index (χ0v) is 24.2. The lowest BCUT2D eigenvalue weighted by molar-refractivity contribution is 0.0763. The first-order chi connectivity index (χ1) is 19.4. The predicted molar refractivity (Wildman–Crippen MR) is 155 cm³/mol. The Morgan fingerprint density at radius 3 is 1.93 bits per heavy atom. The highest BCUT2D eigenvalue weighted by Gasteiger charge is 2.62. The van der Waals surface area contributed by atoms with Crippen LogP contribution in [0, 0.1) is 23.7 Å².